The molecule has 3 aromatic rings. The number of hydrazone groups is 1. The van der Waals surface area contributed by atoms with Gasteiger partial charge in [-0.1, -0.05) is 49.7 Å². The van der Waals surface area contributed by atoms with Gasteiger partial charge in [-0.3, -0.25) is 5.43 Å². The van der Waals surface area contributed by atoms with Crippen LogP contribution < -0.4 is 5.43 Å². The maximum Gasteiger partial charge on any atom is 0.243 e. The van der Waals surface area contributed by atoms with Crippen LogP contribution in [0.25, 0.3) is 11.3 Å². The Bertz CT molecular complexity index is 1220. The van der Waals surface area contributed by atoms with E-state index in [9.17, 15) is 8.42 Å². The van der Waals surface area contributed by atoms with Crippen molar-refractivity contribution >= 4 is 44.3 Å². The number of halogens is 1. The highest BCUT2D eigenvalue weighted by molar-refractivity contribution is 7.89. The third kappa shape index (κ3) is 5.38. The second-order valence-corrected chi connectivity index (χ2v) is 11.5. The topological polar surface area (TPSA) is 74.7 Å². The Morgan fingerprint density at radius 2 is 1.91 bits per heavy atom. The van der Waals surface area contributed by atoms with Crippen LogP contribution in [0.15, 0.2) is 63.9 Å². The molecule has 1 N–H and O–H groups in total. The number of hydrogen-bond acceptors (Lipinski definition) is 6. The van der Waals surface area contributed by atoms with Crippen molar-refractivity contribution in [3.63, 3.8) is 0 Å². The normalized spacial score (nSPS) is 20.0. The van der Waals surface area contributed by atoms with Crippen molar-refractivity contribution in [3.05, 3.63) is 64.5 Å². The zero-order valence-corrected chi connectivity index (χ0v) is 20.3. The van der Waals surface area contributed by atoms with Crippen LogP contribution in [-0.4, -0.2) is 37.0 Å². The average molecular weight is 489 g/mol. The maximum atomic E-state index is 13.2. The van der Waals surface area contributed by atoms with E-state index in [-0.39, 0.29) is 0 Å². The molecule has 2 atom stereocenters. The molecule has 1 fully saturated rings. The van der Waals surface area contributed by atoms with Gasteiger partial charge in [0.05, 0.1) is 16.8 Å². The van der Waals surface area contributed by atoms with Crippen molar-refractivity contribution in [2.24, 2.45) is 16.9 Å². The number of nitrogens with one attached hydrogen (secondary N) is 1. The summed E-state index contributed by atoms with van der Waals surface area (Å²) in [6, 6.07) is 14.4. The summed E-state index contributed by atoms with van der Waals surface area (Å²) in [5.74, 6) is 0.715. The highest BCUT2D eigenvalue weighted by Crippen LogP contribution is 2.30. The SMILES string of the molecule is CC1CC(C)CN(S(=O)(=O)c2cccc(-c3csc(N/N=C/c4cccc(Cl)c4)n3)c2)C1. The molecule has 0 amide bonds. The van der Waals surface area contributed by atoms with E-state index in [2.05, 4.69) is 29.4 Å². The number of hydrogen-bond donors (Lipinski definition) is 1. The second kappa shape index (κ2) is 9.70. The summed E-state index contributed by atoms with van der Waals surface area (Å²) < 4.78 is 28.1. The molecule has 1 aliphatic rings. The fourth-order valence-electron chi connectivity index (χ4n) is 3.97. The molecule has 0 spiro atoms. The predicted molar refractivity (Wildman–Crippen MR) is 132 cm³/mol. The first kappa shape index (κ1) is 22.9. The molecule has 1 saturated heterocycles. The molecule has 168 valence electrons. The van der Waals surface area contributed by atoms with Gasteiger partial charge in [0, 0.05) is 29.1 Å². The Hall–Kier alpha value is -2.26. The molecular weight excluding hydrogens is 464 g/mol. The minimum Gasteiger partial charge on any atom is -0.253 e. The van der Waals surface area contributed by atoms with Crippen molar-refractivity contribution in [1.82, 2.24) is 9.29 Å². The van der Waals surface area contributed by atoms with E-state index in [1.807, 2.05) is 29.6 Å². The molecule has 2 unspecified atom stereocenters. The van der Waals surface area contributed by atoms with Crippen molar-refractivity contribution in [2.45, 2.75) is 25.2 Å². The molecule has 0 aliphatic carbocycles. The van der Waals surface area contributed by atoms with Gasteiger partial charge in [0.1, 0.15) is 0 Å². The fraction of sp³-hybridized carbons (Fsp3) is 0.304. The standard InChI is InChI=1S/C23H25ClN4O2S2/c1-16-9-17(2)14-28(13-16)32(29,30)21-8-4-6-19(11-21)22-15-31-23(26-22)27-25-12-18-5-3-7-20(24)10-18/h3-8,10-12,15-17H,9,13-14H2,1-2H3,(H,26,27)/b25-12+. The third-order valence-electron chi connectivity index (χ3n) is 5.33. The van der Waals surface area contributed by atoms with Gasteiger partial charge >= 0.3 is 0 Å². The smallest absolute Gasteiger partial charge is 0.243 e. The molecule has 6 nitrogen and oxygen atoms in total. The number of nitrogens with zero attached hydrogens (tertiary/aromatic N) is 3. The minimum atomic E-state index is -3.54. The number of rotatable bonds is 6. The van der Waals surface area contributed by atoms with E-state index in [1.54, 1.807) is 34.8 Å². The van der Waals surface area contributed by atoms with Crippen LogP contribution in [0.5, 0.6) is 0 Å². The zero-order valence-electron chi connectivity index (χ0n) is 17.9. The molecule has 32 heavy (non-hydrogen) atoms. The molecule has 9 heteroatoms. The molecular formula is C23H25ClN4O2S2. The highest BCUT2D eigenvalue weighted by Gasteiger charge is 2.31. The van der Waals surface area contributed by atoms with Gasteiger partial charge in [-0.25, -0.2) is 13.4 Å². The van der Waals surface area contributed by atoms with Crippen LogP contribution >= 0.6 is 22.9 Å². The molecule has 0 saturated carbocycles. The summed E-state index contributed by atoms with van der Waals surface area (Å²) in [7, 11) is -3.54. The van der Waals surface area contributed by atoms with Gasteiger partial charge in [0.25, 0.3) is 0 Å². The lowest BCUT2D eigenvalue weighted by Gasteiger charge is -2.34. The monoisotopic (exact) mass is 488 g/mol. The molecule has 0 radical (unpaired) electrons. The van der Waals surface area contributed by atoms with E-state index in [4.69, 9.17) is 11.6 Å². The Kier molecular flexibility index (Phi) is 6.95. The van der Waals surface area contributed by atoms with E-state index < -0.39 is 10.0 Å². The van der Waals surface area contributed by atoms with Crippen molar-refractivity contribution < 1.29 is 8.42 Å². The van der Waals surface area contributed by atoms with Crippen LogP contribution in [-0.2, 0) is 10.0 Å². The van der Waals surface area contributed by atoms with Gasteiger partial charge in [-0.2, -0.15) is 9.41 Å². The number of benzene rings is 2. The summed E-state index contributed by atoms with van der Waals surface area (Å²) >= 11 is 7.39. The lowest BCUT2D eigenvalue weighted by Crippen LogP contribution is -2.42. The largest absolute Gasteiger partial charge is 0.253 e. The highest BCUT2D eigenvalue weighted by atomic mass is 35.5. The first-order valence-electron chi connectivity index (χ1n) is 10.4. The van der Waals surface area contributed by atoms with Crippen molar-refractivity contribution in [3.8, 4) is 11.3 Å². The van der Waals surface area contributed by atoms with Gasteiger partial charge in [-0.15, -0.1) is 11.3 Å². The van der Waals surface area contributed by atoms with E-state index in [0.29, 0.717) is 45.7 Å². The van der Waals surface area contributed by atoms with Crippen LogP contribution in [0.4, 0.5) is 5.13 Å². The number of thiazole rings is 1. The number of piperidine rings is 1. The van der Waals surface area contributed by atoms with Crippen LogP contribution in [0, 0.1) is 11.8 Å². The molecule has 2 heterocycles. The van der Waals surface area contributed by atoms with E-state index >= 15 is 0 Å². The summed E-state index contributed by atoms with van der Waals surface area (Å²) in [5.41, 5.74) is 5.25. The Balaban J connectivity index is 1.50. The lowest BCUT2D eigenvalue weighted by atomic mass is 9.94. The zero-order chi connectivity index (χ0) is 22.7. The maximum absolute atomic E-state index is 13.2. The molecule has 2 aromatic carbocycles. The average Bonchev–Trinajstić information content (AvgIpc) is 3.22. The van der Waals surface area contributed by atoms with E-state index in [1.165, 1.54) is 11.3 Å². The molecule has 4 rings (SSSR count). The van der Waals surface area contributed by atoms with Gasteiger partial charge in [0.15, 0.2) is 0 Å². The Morgan fingerprint density at radius 3 is 2.66 bits per heavy atom. The minimum absolute atomic E-state index is 0.304. The summed E-state index contributed by atoms with van der Waals surface area (Å²) in [5, 5.41) is 7.35. The predicted octanol–water partition coefficient (Wildman–Crippen LogP) is 5.58. The van der Waals surface area contributed by atoms with E-state index in [0.717, 1.165) is 17.5 Å². The molecule has 0 bridgehead atoms. The number of anilines is 1. The van der Waals surface area contributed by atoms with Gasteiger partial charge < -0.3 is 0 Å². The second-order valence-electron chi connectivity index (χ2n) is 8.26. The fourth-order valence-corrected chi connectivity index (χ4v) is 6.57. The van der Waals surface area contributed by atoms with Crippen LogP contribution in [0.2, 0.25) is 5.02 Å². The van der Waals surface area contributed by atoms with Crippen molar-refractivity contribution in [1.29, 1.82) is 0 Å². The number of sulfonamides is 1. The van der Waals surface area contributed by atoms with Gasteiger partial charge in [0.2, 0.25) is 15.2 Å². The Labute approximate surface area is 198 Å². The molecule has 1 aliphatic heterocycles. The first-order valence-corrected chi connectivity index (χ1v) is 13.1. The van der Waals surface area contributed by atoms with Crippen molar-refractivity contribution in [2.75, 3.05) is 18.5 Å². The Morgan fingerprint density at radius 1 is 1.16 bits per heavy atom. The first-order chi connectivity index (χ1) is 15.3. The lowest BCUT2D eigenvalue weighted by molar-refractivity contribution is 0.222. The number of aromatic nitrogens is 1. The third-order valence-corrected chi connectivity index (χ3v) is 8.14. The van der Waals surface area contributed by atoms with Crippen LogP contribution in [0.3, 0.4) is 0 Å². The van der Waals surface area contributed by atoms with Crippen LogP contribution in [0.1, 0.15) is 25.8 Å². The quantitative estimate of drug-likeness (QED) is 0.363. The summed E-state index contributed by atoms with van der Waals surface area (Å²) in [4.78, 5) is 4.85. The summed E-state index contributed by atoms with van der Waals surface area (Å²) in [6.45, 7) is 5.33. The summed E-state index contributed by atoms with van der Waals surface area (Å²) in [6.07, 6.45) is 2.72. The molecule has 1 aromatic heterocycles. The van der Waals surface area contributed by atoms with Gasteiger partial charge in [-0.05, 0) is 48.1 Å².